The number of hydrogen-bond donors (Lipinski definition) is 1. The monoisotopic (exact) mass is 342 g/mol. The molecule has 1 N–H and O–H groups in total. The van der Waals surface area contributed by atoms with Crippen LogP contribution in [0.1, 0.15) is 26.3 Å². The lowest BCUT2D eigenvalue weighted by Crippen LogP contribution is -2.07. The molecule has 2 rings (SSSR count). The van der Waals surface area contributed by atoms with Crippen molar-refractivity contribution in [3.05, 3.63) is 53.1 Å². The van der Waals surface area contributed by atoms with Crippen molar-refractivity contribution in [3.63, 3.8) is 0 Å². The van der Waals surface area contributed by atoms with Gasteiger partial charge in [-0.05, 0) is 30.2 Å². The van der Waals surface area contributed by atoms with Crippen molar-refractivity contribution >= 4 is 26.3 Å². The highest BCUT2D eigenvalue weighted by Gasteiger charge is 2.14. The first kappa shape index (κ1) is 17.5. The molecule has 0 radical (unpaired) electrons. The van der Waals surface area contributed by atoms with Crippen molar-refractivity contribution in [3.8, 4) is 23.3 Å². The van der Waals surface area contributed by atoms with Gasteiger partial charge in [0.25, 0.3) is 0 Å². The van der Waals surface area contributed by atoms with Gasteiger partial charge >= 0.3 is 5.97 Å². The summed E-state index contributed by atoms with van der Waals surface area (Å²) in [5.41, 5.74) is 0.540. The van der Waals surface area contributed by atoms with Crippen LogP contribution in [0.5, 0.6) is 11.5 Å². The van der Waals surface area contributed by atoms with Gasteiger partial charge in [-0.15, -0.1) is 9.24 Å². The van der Waals surface area contributed by atoms with Gasteiger partial charge in [0.05, 0.1) is 19.8 Å². The Morgan fingerprint density at radius 3 is 2.33 bits per heavy atom. The van der Waals surface area contributed by atoms with Crippen molar-refractivity contribution in [1.29, 1.82) is 0 Å². The first-order chi connectivity index (χ1) is 11.5. The number of aromatic carboxylic acids is 1. The summed E-state index contributed by atoms with van der Waals surface area (Å²) in [6.07, 6.45) is 0. The summed E-state index contributed by atoms with van der Waals surface area (Å²) in [4.78, 5) is 23.4. The van der Waals surface area contributed by atoms with Crippen molar-refractivity contribution in [2.75, 3.05) is 14.2 Å². The fraction of sp³-hybridized carbons (Fsp3) is 0.111. The summed E-state index contributed by atoms with van der Waals surface area (Å²) in [7, 11) is 5.55. The maximum absolute atomic E-state index is 12.2. The molecule has 0 aliphatic heterocycles. The zero-order valence-corrected chi connectivity index (χ0v) is 14.3. The smallest absolute Gasteiger partial charge is 0.336 e. The Hall–Kier alpha value is -2.83. The average molecular weight is 342 g/mol. The lowest BCUT2D eigenvalue weighted by molar-refractivity contribution is 0.0693. The average Bonchev–Trinajstić information content (AvgIpc) is 2.58. The molecule has 6 heteroatoms. The van der Waals surface area contributed by atoms with Gasteiger partial charge in [-0.2, -0.15) is 0 Å². The van der Waals surface area contributed by atoms with Gasteiger partial charge in [-0.25, -0.2) is 4.79 Å². The zero-order valence-electron chi connectivity index (χ0n) is 13.1. The van der Waals surface area contributed by atoms with Crippen molar-refractivity contribution in [2.45, 2.75) is 0 Å². The Morgan fingerprint density at radius 2 is 1.75 bits per heavy atom. The number of rotatable bonds is 4. The van der Waals surface area contributed by atoms with E-state index in [4.69, 9.17) is 14.6 Å². The minimum Gasteiger partial charge on any atom is -0.493 e. The Labute approximate surface area is 141 Å². The first-order valence-electron chi connectivity index (χ1n) is 6.88. The van der Waals surface area contributed by atoms with Gasteiger partial charge in [-0.3, -0.25) is 4.79 Å². The molecule has 0 saturated heterocycles. The standard InChI is InChI=1S/C18H15O5P/c1-22-15-9-11(10-16(24)17(15)23-2)7-8-14(19)12-5-3-4-6-13(12)18(20)21/h3-6,9-10H,24H2,1-2H3,(H,20,21). The van der Waals surface area contributed by atoms with Crippen LogP contribution in [0.3, 0.4) is 0 Å². The highest BCUT2D eigenvalue weighted by molar-refractivity contribution is 7.27. The molecular formula is C18H15O5P. The second-order valence-corrected chi connectivity index (χ2v) is 5.35. The van der Waals surface area contributed by atoms with Crippen molar-refractivity contribution in [2.24, 2.45) is 0 Å². The second kappa shape index (κ2) is 7.63. The third-order valence-corrected chi connectivity index (χ3v) is 3.66. The van der Waals surface area contributed by atoms with Crippen LogP contribution in [0.4, 0.5) is 0 Å². The van der Waals surface area contributed by atoms with Crippen LogP contribution in [0, 0.1) is 11.8 Å². The highest BCUT2D eigenvalue weighted by Crippen LogP contribution is 2.27. The number of carboxylic acids is 1. The lowest BCUT2D eigenvalue weighted by Gasteiger charge is -2.10. The molecule has 122 valence electrons. The fourth-order valence-corrected chi connectivity index (χ4v) is 2.57. The van der Waals surface area contributed by atoms with Crippen LogP contribution in [-0.2, 0) is 0 Å². The molecule has 0 aromatic heterocycles. The van der Waals surface area contributed by atoms with E-state index in [-0.39, 0.29) is 11.1 Å². The van der Waals surface area contributed by atoms with E-state index in [1.54, 1.807) is 24.3 Å². The molecule has 0 saturated carbocycles. The maximum Gasteiger partial charge on any atom is 0.336 e. The van der Waals surface area contributed by atoms with Gasteiger partial charge in [-0.1, -0.05) is 18.1 Å². The molecular weight excluding hydrogens is 327 g/mol. The molecule has 0 heterocycles. The topological polar surface area (TPSA) is 72.8 Å². The van der Waals surface area contributed by atoms with E-state index in [1.165, 1.54) is 26.4 Å². The number of Topliss-reactive ketones (excluding diaryl/α,β-unsaturated/α-hetero) is 1. The summed E-state index contributed by atoms with van der Waals surface area (Å²) in [5, 5.41) is 9.86. The van der Waals surface area contributed by atoms with Gasteiger partial charge in [0.15, 0.2) is 11.5 Å². The molecule has 24 heavy (non-hydrogen) atoms. The Morgan fingerprint density at radius 1 is 1.08 bits per heavy atom. The van der Waals surface area contributed by atoms with E-state index in [9.17, 15) is 9.59 Å². The first-order valence-corrected chi connectivity index (χ1v) is 7.45. The normalized spacial score (nSPS) is 9.62. The fourth-order valence-electron chi connectivity index (χ4n) is 2.13. The molecule has 0 fully saturated rings. The maximum atomic E-state index is 12.2. The minimum absolute atomic E-state index is 0.0593. The molecule has 2 aromatic rings. The summed E-state index contributed by atoms with van der Waals surface area (Å²) >= 11 is 0. The van der Waals surface area contributed by atoms with Crippen LogP contribution >= 0.6 is 9.24 Å². The minimum atomic E-state index is -1.17. The number of ketones is 1. The third kappa shape index (κ3) is 3.73. The number of carboxylic acid groups (broad SMARTS) is 1. The summed E-state index contributed by atoms with van der Waals surface area (Å²) in [6.45, 7) is 0. The summed E-state index contributed by atoms with van der Waals surface area (Å²) in [5.74, 6) is 4.53. The quantitative estimate of drug-likeness (QED) is 0.524. The van der Waals surface area contributed by atoms with E-state index >= 15 is 0 Å². The van der Waals surface area contributed by atoms with E-state index in [1.807, 2.05) is 0 Å². The second-order valence-electron chi connectivity index (χ2n) is 4.73. The largest absolute Gasteiger partial charge is 0.493 e. The number of methoxy groups -OCH3 is 2. The van der Waals surface area contributed by atoms with E-state index in [0.717, 1.165) is 5.30 Å². The molecule has 1 atom stereocenters. The molecule has 0 bridgehead atoms. The van der Waals surface area contributed by atoms with Crippen LogP contribution in [0.25, 0.3) is 0 Å². The van der Waals surface area contributed by atoms with Crippen molar-refractivity contribution < 1.29 is 24.2 Å². The predicted molar refractivity (Wildman–Crippen MR) is 93.5 cm³/mol. The summed E-state index contributed by atoms with van der Waals surface area (Å²) in [6, 6.07) is 9.34. The van der Waals surface area contributed by atoms with E-state index in [2.05, 4.69) is 21.1 Å². The SMILES string of the molecule is COc1cc(C#CC(=O)c2ccccc2C(=O)O)cc(P)c1OC. The molecule has 2 aromatic carbocycles. The molecule has 0 amide bonds. The molecule has 0 aliphatic carbocycles. The third-order valence-electron chi connectivity index (χ3n) is 3.23. The van der Waals surface area contributed by atoms with Crippen LogP contribution < -0.4 is 14.8 Å². The van der Waals surface area contributed by atoms with Gasteiger partial charge in [0.2, 0.25) is 5.78 Å². The van der Waals surface area contributed by atoms with Crippen LogP contribution in [0.15, 0.2) is 36.4 Å². The van der Waals surface area contributed by atoms with Gasteiger partial charge < -0.3 is 14.6 Å². The Kier molecular flexibility index (Phi) is 5.57. The number of carbonyl (C=O) groups is 2. The number of benzene rings is 2. The molecule has 5 nitrogen and oxygen atoms in total. The molecule has 0 spiro atoms. The van der Waals surface area contributed by atoms with Crippen LogP contribution in [0.2, 0.25) is 0 Å². The highest BCUT2D eigenvalue weighted by atomic mass is 31.0. The lowest BCUT2D eigenvalue weighted by atomic mass is 10.0. The van der Waals surface area contributed by atoms with Crippen molar-refractivity contribution in [1.82, 2.24) is 0 Å². The number of carbonyl (C=O) groups excluding carboxylic acids is 1. The zero-order chi connectivity index (χ0) is 17.7. The molecule has 1 unspecified atom stereocenters. The van der Waals surface area contributed by atoms with E-state index < -0.39 is 11.8 Å². The van der Waals surface area contributed by atoms with E-state index in [0.29, 0.717) is 17.1 Å². The summed E-state index contributed by atoms with van der Waals surface area (Å²) < 4.78 is 10.5. The number of hydrogen-bond acceptors (Lipinski definition) is 4. The van der Waals surface area contributed by atoms with Crippen LogP contribution in [-0.4, -0.2) is 31.1 Å². The van der Waals surface area contributed by atoms with Gasteiger partial charge in [0.1, 0.15) is 0 Å². The Bertz CT molecular complexity index is 861. The number of ether oxygens (including phenoxy) is 2. The molecule has 0 aliphatic rings. The van der Waals surface area contributed by atoms with Gasteiger partial charge in [0, 0.05) is 16.4 Å². The Balaban J connectivity index is 2.39. The predicted octanol–water partition coefficient (Wildman–Crippen LogP) is 2.14.